The van der Waals surface area contributed by atoms with Crippen molar-refractivity contribution in [2.75, 3.05) is 26.6 Å². The minimum Gasteiger partial charge on any atom is -0.454 e. The van der Waals surface area contributed by atoms with Gasteiger partial charge in [0.25, 0.3) is 5.91 Å². The molecule has 160 valence electrons. The largest absolute Gasteiger partial charge is 0.454 e. The van der Waals surface area contributed by atoms with Crippen LogP contribution in [0.5, 0.6) is 11.5 Å². The van der Waals surface area contributed by atoms with Crippen molar-refractivity contribution in [3.05, 3.63) is 64.8 Å². The lowest BCUT2D eigenvalue weighted by molar-refractivity contribution is 0.0486. The molecule has 0 radical (unpaired) electrons. The molecule has 0 spiro atoms. The zero-order valence-electron chi connectivity index (χ0n) is 17.9. The zero-order chi connectivity index (χ0) is 21.4. The van der Waals surface area contributed by atoms with Crippen LogP contribution < -0.4 is 14.8 Å². The first kappa shape index (κ1) is 19.8. The minimum atomic E-state index is -0.206. The average Bonchev–Trinajstić information content (AvgIpc) is 3.26. The lowest BCUT2D eigenvalue weighted by Gasteiger charge is -2.38. The summed E-state index contributed by atoms with van der Waals surface area (Å²) in [5, 5.41) is 4.10. The molecule has 3 aromatic rings. The number of amides is 1. The fourth-order valence-electron chi connectivity index (χ4n) is 4.56. The second-order valence-electron chi connectivity index (χ2n) is 8.48. The summed E-state index contributed by atoms with van der Waals surface area (Å²) >= 11 is 0. The normalized spacial score (nSPS) is 17.0. The van der Waals surface area contributed by atoms with E-state index in [0.29, 0.717) is 25.3 Å². The standard InChI is InChI=1S/C25H26N2O4/c1-16-3-5-21-19(11-16)20(12-17(2)27-21)24(28)26-14-25(7-9-29-10-8-25)18-4-6-22-23(13-18)31-15-30-22/h3-6,11-13H,7-10,14-15H2,1-2H3,(H,26,28). The number of aromatic nitrogens is 1. The minimum absolute atomic E-state index is 0.0762. The molecule has 0 unspecified atom stereocenters. The molecule has 1 amide bonds. The molecule has 0 bridgehead atoms. The first-order valence-electron chi connectivity index (χ1n) is 10.7. The van der Waals surface area contributed by atoms with Gasteiger partial charge >= 0.3 is 0 Å². The van der Waals surface area contributed by atoms with Crippen LogP contribution in [0.15, 0.2) is 42.5 Å². The molecular formula is C25H26N2O4. The SMILES string of the molecule is Cc1ccc2nc(C)cc(C(=O)NCC3(c4ccc5c(c4)OCO5)CCOCC3)c2c1. The Morgan fingerprint density at radius 1 is 1.03 bits per heavy atom. The van der Waals surface area contributed by atoms with E-state index in [9.17, 15) is 4.79 Å². The summed E-state index contributed by atoms with van der Waals surface area (Å²) in [6.45, 7) is 6.06. The quantitative estimate of drug-likeness (QED) is 0.692. The lowest BCUT2D eigenvalue weighted by atomic mass is 9.74. The molecule has 0 aliphatic carbocycles. The number of hydrogen-bond donors (Lipinski definition) is 1. The van der Waals surface area contributed by atoms with Crippen molar-refractivity contribution in [2.45, 2.75) is 32.1 Å². The molecule has 1 saturated heterocycles. The summed E-state index contributed by atoms with van der Waals surface area (Å²) in [5.74, 6) is 1.46. The number of carbonyl (C=O) groups is 1. The molecule has 6 nitrogen and oxygen atoms in total. The van der Waals surface area contributed by atoms with Crippen molar-refractivity contribution in [1.29, 1.82) is 0 Å². The Balaban J connectivity index is 1.45. The number of aryl methyl sites for hydroxylation is 2. The molecule has 0 saturated carbocycles. The van der Waals surface area contributed by atoms with Gasteiger partial charge in [0.05, 0.1) is 11.1 Å². The molecule has 0 atom stereocenters. The van der Waals surface area contributed by atoms with Gasteiger partial charge in [0, 0.05) is 36.3 Å². The van der Waals surface area contributed by atoms with Gasteiger partial charge in [-0.25, -0.2) is 0 Å². The number of hydrogen-bond acceptors (Lipinski definition) is 5. The number of rotatable bonds is 4. The van der Waals surface area contributed by atoms with Gasteiger partial charge in [-0.15, -0.1) is 0 Å². The molecule has 3 heterocycles. The van der Waals surface area contributed by atoms with Crippen LogP contribution in [0.2, 0.25) is 0 Å². The first-order chi connectivity index (χ1) is 15.0. The van der Waals surface area contributed by atoms with Crippen molar-refractivity contribution in [2.24, 2.45) is 0 Å². The number of fused-ring (bicyclic) bond motifs is 2. The van der Waals surface area contributed by atoms with Crippen molar-refractivity contribution >= 4 is 16.8 Å². The monoisotopic (exact) mass is 418 g/mol. The maximum absolute atomic E-state index is 13.3. The fraction of sp³-hybridized carbons (Fsp3) is 0.360. The Morgan fingerprint density at radius 2 is 1.84 bits per heavy atom. The summed E-state index contributed by atoms with van der Waals surface area (Å²) in [5.41, 5.74) is 4.38. The van der Waals surface area contributed by atoms with E-state index >= 15 is 0 Å². The van der Waals surface area contributed by atoms with Crippen molar-refractivity contribution in [3.63, 3.8) is 0 Å². The Kier molecular flexibility index (Phi) is 5.02. The van der Waals surface area contributed by atoms with Crippen molar-refractivity contribution < 1.29 is 19.0 Å². The highest BCUT2D eigenvalue weighted by Crippen LogP contribution is 2.40. The van der Waals surface area contributed by atoms with Gasteiger partial charge in [0.1, 0.15) is 0 Å². The van der Waals surface area contributed by atoms with Gasteiger partial charge in [0.2, 0.25) is 6.79 Å². The van der Waals surface area contributed by atoms with Gasteiger partial charge in [-0.1, -0.05) is 17.7 Å². The Bertz CT molecular complexity index is 1150. The predicted octanol–water partition coefficient (Wildman–Crippen LogP) is 4.06. The van der Waals surface area contributed by atoms with Crippen LogP contribution in [0, 0.1) is 13.8 Å². The van der Waals surface area contributed by atoms with Crippen LogP contribution in [-0.2, 0) is 10.2 Å². The summed E-state index contributed by atoms with van der Waals surface area (Å²) < 4.78 is 16.7. The second kappa shape index (κ2) is 7.85. The summed E-state index contributed by atoms with van der Waals surface area (Å²) in [7, 11) is 0. The van der Waals surface area contributed by atoms with E-state index < -0.39 is 0 Å². The third kappa shape index (κ3) is 3.72. The smallest absolute Gasteiger partial charge is 0.252 e. The van der Waals surface area contributed by atoms with E-state index in [2.05, 4.69) is 22.4 Å². The maximum atomic E-state index is 13.3. The maximum Gasteiger partial charge on any atom is 0.252 e. The summed E-state index contributed by atoms with van der Waals surface area (Å²) in [4.78, 5) is 17.9. The van der Waals surface area contributed by atoms with Crippen molar-refractivity contribution in [3.8, 4) is 11.5 Å². The highest BCUT2D eigenvalue weighted by molar-refractivity contribution is 6.06. The Hall–Kier alpha value is -3.12. The number of carbonyl (C=O) groups excluding carboxylic acids is 1. The third-order valence-corrected chi connectivity index (χ3v) is 6.36. The van der Waals surface area contributed by atoms with Crippen molar-refractivity contribution in [1.82, 2.24) is 10.3 Å². The lowest BCUT2D eigenvalue weighted by Crippen LogP contribution is -2.44. The predicted molar refractivity (Wildman–Crippen MR) is 118 cm³/mol. The molecule has 1 fully saturated rings. The number of ether oxygens (including phenoxy) is 3. The van der Waals surface area contributed by atoms with E-state index in [1.54, 1.807) is 0 Å². The van der Waals surface area contributed by atoms with Gasteiger partial charge in [-0.2, -0.15) is 0 Å². The molecule has 5 rings (SSSR count). The second-order valence-corrected chi connectivity index (χ2v) is 8.48. The van der Waals surface area contributed by atoms with Crippen LogP contribution in [0.25, 0.3) is 10.9 Å². The van der Waals surface area contributed by atoms with E-state index in [4.69, 9.17) is 14.2 Å². The van der Waals surface area contributed by atoms with Gasteiger partial charge in [0.15, 0.2) is 11.5 Å². The molecule has 31 heavy (non-hydrogen) atoms. The number of nitrogens with zero attached hydrogens (tertiary/aromatic N) is 1. The van der Waals surface area contributed by atoms with Crippen LogP contribution >= 0.6 is 0 Å². The Labute approximate surface area is 181 Å². The fourth-order valence-corrected chi connectivity index (χ4v) is 4.56. The van der Waals surface area contributed by atoms with Crippen LogP contribution in [0.4, 0.5) is 0 Å². The third-order valence-electron chi connectivity index (χ3n) is 6.36. The molecule has 2 aliphatic rings. The number of benzene rings is 2. The highest BCUT2D eigenvalue weighted by Gasteiger charge is 2.36. The molecular weight excluding hydrogens is 392 g/mol. The topological polar surface area (TPSA) is 69.7 Å². The van der Waals surface area contributed by atoms with Crippen LogP contribution in [0.3, 0.4) is 0 Å². The summed E-state index contributed by atoms with van der Waals surface area (Å²) in [6.07, 6.45) is 1.67. The molecule has 6 heteroatoms. The van der Waals surface area contributed by atoms with E-state index in [1.165, 1.54) is 0 Å². The summed E-state index contributed by atoms with van der Waals surface area (Å²) in [6, 6.07) is 14.0. The highest BCUT2D eigenvalue weighted by atomic mass is 16.7. The van der Waals surface area contributed by atoms with E-state index in [-0.39, 0.29) is 18.1 Å². The molecule has 1 N–H and O–H groups in total. The molecule has 2 aromatic carbocycles. The number of pyridine rings is 1. The van der Waals surface area contributed by atoms with Gasteiger partial charge in [-0.3, -0.25) is 9.78 Å². The van der Waals surface area contributed by atoms with E-state index in [1.807, 2.05) is 44.2 Å². The number of nitrogens with one attached hydrogen (secondary N) is 1. The first-order valence-corrected chi connectivity index (χ1v) is 10.7. The van der Waals surface area contributed by atoms with E-state index in [0.717, 1.165) is 52.1 Å². The van der Waals surface area contributed by atoms with Crippen LogP contribution in [-0.4, -0.2) is 37.4 Å². The zero-order valence-corrected chi connectivity index (χ0v) is 17.9. The average molecular weight is 418 g/mol. The molecule has 2 aliphatic heterocycles. The Morgan fingerprint density at radius 3 is 2.68 bits per heavy atom. The molecule has 1 aromatic heterocycles. The van der Waals surface area contributed by atoms with Gasteiger partial charge < -0.3 is 19.5 Å². The van der Waals surface area contributed by atoms with Crippen LogP contribution in [0.1, 0.15) is 40.0 Å². The van der Waals surface area contributed by atoms with Gasteiger partial charge in [-0.05, 0) is 62.6 Å².